The van der Waals surface area contributed by atoms with E-state index in [9.17, 15) is 9.50 Å². The normalized spacial score (nSPS) is 16.9. The summed E-state index contributed by atoms with van der Waals surface area (Å²) in [7, 11) is 1.55. The van der Waals surface area contributed by atoms with E-state index in [4.69, 9.17) is 4.74 Å². The number of aliphatic hydroxyl groups excluding tert-OH is 1. The minimum absolute atomic E-state index is 0.303. The van der Waals surface area contributed by atoms with Gasteiger partial charge in [0, 0.05) is 19.0 Å². The molecule has 0 amide bonds. The molecule has 1 fully saturated rings. The second-order valence-corrected chi connectivity index (χ2v) is 4.50. The lowest BCUT2D eigenvalue weighted by atomic mass is 10.1. The molecule has 0 spiro atoms. The van der Waals surface area contributed by atoms with Gasteiger partial charge >= 0.3 is 0 Å². The molecule has 1 aliphatic carbocycles. The van der Waals surface area contributed by atoms with E-state index in [0.717, 1.165) is 0 Å². The first-order valence-electron chi connectivity index (χ1n) is 5.93. The Bertz CT molecular complexity index is 380. The van der Waals surface area contributed by atoms with Crippen molar-refractivity contribution >= 4 is 0 Å². The minimum Gasteiger partial charge on any atom is -0.496 e. The number of hydrogen-bond donors (Lipinski definition) is 2. The molecular formula is C13H18FNO2. The van der Waals surface area contributed by atoms with Crippen LogP contribution in [0.1, 0.15) is 18.4 Å². The molecule has 0 aliphatic heterocycles. The molecule has 0 heterocycles. The zero-order valence-electron chi connectivity index (χ0n) is 9.95. The summed E-state index contributed by atoms with van der Waals surface area (Å²) >= 11 is 0. The maximum atomic E-state index is 13.1. The van der Waals surface area contributed by atoms with E-state index in [2.05, 4.69) is 5.32 Å². The van der Waals surface area contributed by atoms with Crippen LogP contribution in [0.3, 0.4) is 0 Å². The second-order valence-electron chi connectivity index (χ2n) is 4.50. The lowest BCUT2D eigenvalue weighted by Crippen LogP contribution is -2.29. The Hall–Kier alpha value is -1.13. The monoisotopic (exact) mass is 239 g/mol. The molecule has 4 heteroatoms. The number of halogens is 1. The largest absolute Gasteiger partial charge is 0.496 e. The highest BCUT2D eigenvalue weighted by Crippen LogP contribution is 2.22. The van der Waals surface area contributed by atoms with Crippen molar-refractivity contribution in [2.75, 3.05) is 13.7 Å². The van der Waals surface area contributed by atoms with Crippen LogP contribution >= 0.6 is 0 Å². The van der Waals surface area contributed by atoms with E-state index in [1.54, 1.807) is 13.2 Å². The summed E-state index contributed by atoms with van der Waals surface area (Å²) in [4.78, 5) is 0. The van der Waals surface area contributed by atoms with Gasteiger partial charge in [0.05, 0.1) is 13.2 Å². The van der Waals surface area contributed by atoms with Crippen molar-refractivity contribution in [1.29, 1.82) is 0 Å². The third kappa shape index (κ3) is 3.68. The summed E-state index contributed by atoms with van der Waals surface area (Å²) in [5.74, 6) is 0.319. The van der Waals surface area contributed by atoms with Crippen molar-refractivity contribution in [3.05, 3.63) is 29.6 Å². The number of benzene rings is 1. The minimum atomic E-state index is -0.508. The standard InChI is InChI=1S/C13H18FNO2/c1-17-13-5-2-10(14)6-9(13)7-12(16)8-15-11-3-4-11/h2,5-6,11-12,15-16H,3-4,7-8H2,1H3. The molecule has 1 aliphatic rings. The zero-order valence-corrected chi connectivity index (χ0v) is 9.95. The Kier molecular flexibility index (Phi) is 3.97. The van der Waals surface area contributed by atoms with Crippen LogP contribution in [0.25, 0.3) is 0 Å². The van der Waals surface area contributed by atoms with Crippen LogP contribution in [0.5, 0.6) is 5.75 Å². The lowest BCUT2D eigenvalue weighted by Gasteiger charge is -2.14. The van der Waals surface area contributed by atoms with Crippen LogP contribution < -0.4 is 10.1 Å². The fourth-order valence-electron chi connectivity index (χ4n) is 1.82. The third-order valence-corrected chi connectivity index (χ3v) is 2.92. The van der Waals surface area contributed by atoms with Gasteiger partial charge in [-0.1, -0.05) is 0 Å². The molecule has 17 heavy (non-hydrogen) atoms. The summed E-state index contributed by atoms with van der Waals surface area (Å²) in [5, 5.41) is 13.1. The lowest BCUT2D eigenvalue weighted by molar-refractivity contribution is 0.170. The molecule has 2 rings (SSSR count). The molecule has 1 unspecified atom stereocenters. The van der Waals surface area contributed by atoms with Gasteiger partial charge in [-0.05, 0) is 36.6 Å². The number of methoxy groups -OCH3 is 1. The van der Waals surface area contributed by atoms with Gasteiger partial charge in [0.2, 0.25) is 0 Å². The molecule has 1 aromatic carbocycles. The number of rotatable bonds is 6. The summed E-state index contributed by atoms with van der Waals surface area (Å²) in [6.07, 6.45) is 2.28. The number of nitrogens with one attached hydrogen (secondary N) is 1. The third-order valence-electron chi connectivity index (χ3n) is 2.92. The smallest absolute Gasteiger partial charge is 0.123 e. The van der Waals surface area contributed by atoms with Gasteiger partial charge in [0.25, 0.3) is 0 Å². The molecular weight excluding hydrogens is 221 g/mol. The Morgan fingerprint density at radius 2 is 2.29 bits per heavy atom. The van der Waals surface area contributed by atoms with Crippen molar-refractivity contribution < 1.29 is 14.2 Å². The summed E-state index contributed by atoms with van der Waals surface area (Å²) in [6, 6.07) is 4.93. The predicted molar refractivity (Wildman–Crippen MR) is 63.7 cm³/mol. The molecule has 3 nitrogen and oxygen atoms in total. The van der Waals surface area contributed by atoms with Crippen molar-refractivity contribution in [3.63, 3.8) is 0 Å². The first kappa shape index (κ1) is 12.3. The Labute approximate surface area is 101 Å². The fourth-order valence-corrected chi connectivity index (χ4v) is 1.82. The Morgan fingerprint density at radius 1 is 1.53 bits per heavy atom. The van der Waals surface area contributed by atoms with Crippen LogP contribution in [-0.2, 0) is 6.42 Å². The van der Waals surface area contributed by atoms with E-state index in [1.165, 1.54) is 25.0 Å². The van der Waals surface area contributed by atoms with Gasteiger partial charge < -0.3 is 15.2 Å². The average Bonchev–Trinajstić information content (AvgIpc) is 3.10. The zero-order chi connectivity index (χ0) is 12.3. The number of aliphatic hydroxyl groups is 1. The van der Waals surface area contributed by atoms with Gasteiger partial charge in [-0.3, -0.25) is 0 Å². The number of ether oxygens (including phenoxy) is 1. The van der Waals surface area contributed by atoms with Crippen molar-refractivity contribution in [1.82, 2.24) is 5.32 Å². The van der Waals surface area contributed by atoms with Crippen LogP contribution in [0.15, 0.2) is 18.2 Å². The maximum Gasteiger partial charge on any atom is 0.123 e. The summed E-state index contributed by atoms with van der Waals surface area (Å²) < 4.78 is 18.2. The van der Waals surface area contributed by atoms with E-state index < -0.39 is 6.10 Å². The van der Waals surface area contributed by atoms with Crippen molar-refractivity contribution in [2.45, 2.75) is 31.4 Å². The molecule has 1 aromatic rings. The van der Waals surface area contributed by atoms with Gasteiger partial charge in [-0.15, -0.1) is 0 Å². The number of hydrogen-bond acceptors (Lipinski definition) is 3. The molecule has 2 N–H and O–H groups in total. The van der Waals surface area contributed by atoms with Gasteiger partial charge in [-0.2, -0.15) is 0 Å². The molecule has 1 atom stereocenters. The van der Waals surface area contributed by atoms with E-state index in [1.807, 2.05) is 0 Å². The van der Waals surface area contributed by atoms with Crippen LogP contribution in [0.2, 0.25) is 0 Å². The van der Waals surface area contributed by atoms with E-state index in [0.29, 0.717) is 30.3 Å². The fraction of sp³-hybridized carbons (Fsp3) is 0.538. The van der Waals surface area contributed by atoms with Crippen LogP contribution in [0.4, 0.5) is 4.39 Å². The highest BCUT2D eigenvalue weighted by Gasteiger charge is 2.21. The molecule has 0 bridgehead atoms. The maximum absolute atomic E-state index is 13.1. The Balaban J connectivity index is 1.92. The average molecular weight is 239 g/mol. The van der Waals surface area contributed by atoms with E-state index in [-0.39, 0.29) is 5.82 Å². The molecule has 1 saturated carbocycles. The first-order valence-corrected chi connectivity index (χ1v) is 5.93. The highest BCUT2D eigenvalue weighted by molar-refractivity contribution is 5.34. The summed E-state index contributed by atoms with van der Waals surface area (Å²) in [6.45, 7) is 0.546. The predicted octanol–water partition coefficient (Wildman–Crippen LogP) is 1.49. The Morgan fingerprint density at radius 3 is 2.94 bits per heavy atom. The molecule has 0 aromatic heterocycles. The quantitative estimate of drug-likeness (QED) is 0.790. The SMILES string of the molecule is COc1ccc(F)cc1CC(O)CNC1CC1. The van der Waals surface area contributed by atoms with Gasteiger partial charge in [-0.25, -0.2) is 4.39 Å². The highest BCUT2D eigenvalue weighted by atomic mass is 19.1. The van der Waals surface area contributed by atoms with Crippen LogP contribution in [0, 0.1) is 5.82 Å². The van der Waals surface area contributed by atoms with Crippen LogP contribution in [-0.4, -0.2) is 30.9 Å². The first-order chi connectivity index (χ1) is 8.19. The molecule has 0 radical (unpaired) electrons. The van der Waals surface area contributed by atoms with E-state index >= 15 is 0 Å². The van der Waals surface area contributed by atoms with Crippen molar-refractivity contribution in [2.24, 2.45) is 0 Å². The molecule has 94 valence electrons. The van der Waals surface area contributed by atoms with Gasteiger partial charge in [0.15, 0.2) is 0 Å². The summed E-state index contributed by atoms with van der Waals surface area (Å²) in [5.41, 5.74) is 0.706. The van der Waals surface area contributed by atoms with Gasteiger partial charge in [0.1, 0.15) is 11.6 Å². The topological polar surface area (TPSA) is 41.5 Å². The molecule has 0 saturated heterocycles. The van der Waals surface area contributed by atoms with Crippen molar-refractivity contribution in [3.8, 4) is 5.75 Å². The second kappa shape index (κ2) is 5.47.